The first-order chi connectivity index (χ1) is 9.32. The van der Waals surface area contributed by atoms with E-state index in [-0.39, 0.29) is 9.79 Å². The first kappa shape index (κ1) is 15.4. The van der Waals surface area contributed by atoms with Crippen molar-refractivity contribution in [2.75, 3.05) is 13.1 Å². The summed E-state index contributed by atoms with van der Waals surface area (Å²) in [6, 6.07) is 5.20. The molecule has 0 spiro atoms. The Kier molecular flexibility index (Phi) is 4.48. The van der Waals surface area contributed by atoms with Crippen LogP contribution in [0.4, 0.5) is 0 Å². The minimum absolute atomic E-state index is 0.0223. The van der Waals surface area contributed by atoms with E-state index in [0.717, 1.165) is 31.7 Å². The second kappa shape index (κ2) is 5.80. The number of nitrogens with two attached hydrogens (primary N) is 1. The van der Waals surface area contributed by atoms with Gasteiger partial charge in [-0.25, -0.2) is 22.0 Å². The van der Waals surface area contributed by atoms with Crippen LogP contribution in [0, 0.1) is 0 Å². The van der Waals surface area contributed by atoms with Gasteiger partial charge in [-0.1, -0.05) is 18.9 Å². The zero-order chi connectivity index (χ0) is 14.8. The number of hydrogen-bond acceptors (Lipinski definition) is 4. The van der Waals surface area contributed by atoms with Crippen LogP contribution in [0.25, 0.3) is 0 Å². The van der Waals surface area contributed by atoms with E-state index >= 15 is 0 Å². The van der Waals surface area contributed by atoms with Gasteiger partial charge in [0, 0.05) is 13.1 Å². The molecule has 1 aromatic carbocycles. The van der Waals surface area contributed by atoms with Gasteiger partial charge in [0.1, 0.15) is 0 Å². The molecule has 1 aliphatic heterocycles. The first-order valence-electron chi connectivity index (χ1n) is 6.45. The Morgan fingerprint density at radius 2 is 1.45 bits per heavy atom. The third-order valence-electron chi connectivity index (χ3n) is 3.34. The van der Waals surface area contributed by atoms with Gasteiger partial charge in [-0.2, -0.15) is 4.31 Å². The van der Waals surface area contributed by atoms with Crippen molar-refractivity contribution < 1.29 is 16.8 Å². The number of hydrogen-bond donors (Lipinski definition) is 1. The zero-order valence-electron chi connectivity index (χ0n) is 11.0. The highest BCUT2D eigenvalue weighted by Crippen LogP contribution is 2.22. The lowest BCUT2D eigenvalue weighted by Crippen LogP contribution is -2.32. The minimum Gasteiger partial charge on any atom is -0.225 e. The van der Waals surface area contributed by atoms with Gasteiger partial charge in [0.05, 0.1) is 9.79 Å². The molecule has 0 saturated carbocycles. The summed E-state index contributed by atoms with van der Waals surface area (Å²) in [7, 11) is -7.56. The van der Waals surface area contributed by atoms with Crippen LogP contribution in [-0.4, -0.2) is 34.2 Å². The number of nitrogens with zero attached hydrogens (tertiary/aromatic N) is 1. The summed E-state index contributed by atoms with van der Waals surface area (Å²) < 4.78 is 49.1. The lowest BCUT2D eigenvalue weighted by atomic mass is 10.2. The molecule has 0 bridgehead atoms. The molecule has 1 fully saturated rings. The van der Waals surface area contributed by atoms with Crippen molar-refractivity contribution in [1.82, 2.24) is 4.31 Å². The molecule has 1 aromatic rings. The molecular weight excluding hydrogens is 300 g/mol. The highest BCUT2D eigenvalue weighted by atomic mass is 32.2. The van der Waals surface area contributed by atoms with E-state index in [1.54, 1.807) is 0 Å². The van der Waals surface area contributed by atoms with Crippen LogP contribution in [0.1, 0.15) is 25.7 Å². The van der Waals surface area contributed by atoms with Crippen molar-refractivity contribution in [3.63, 3.8) is 0 Å². The SMILES string of the molecule is NS(=O)(=O)c1cccc(S(=O)(=O)N2CCCCCC2)c1. The van der Waals surface area contributed by atoms with E-state index in [9.17, 15) is 16.8 Å². The summed E-state index contributed by atoms with van der Waals surface area (Å²) in [5, 5.41) is 5.04. The maximum Gasteiger partial charge on any atom is 0.243 e. The summed E-state index contributed by atoms with van der Waals surface area (Å²) in [5.74, 6) is 0. The maximum atomic E-state index is 12.5. The smallest absolute Gasteiger partial charge is 0.225 e. The highest BCUT2D eigenvalue weighted by molar-refractivity contribution is 7.90. The van der Waals surface area contributed by atoms with Crippen molar-refractivity contribution in [2.24, 2.45) is 5.14 Å². The van der Waals surface area contributed by atoms with Gasteiger partial charge in [-0.3, -0.25) is 0 Å². The zero-order valence-corrected chi connectivity index (χ0v) is 12.7. The van der Waals surface area contributed by atoms with E-state index < -0.39 is 20.0 Å². The highest BCUT2D eigenvalue weighted by Gasteiger charge is 2.26. The molecule has 0 aliphatic carbocycles. The fourth-order valence-corrected chi connectivity index (χ4v) is 4.44. The van der Waals surface area contributed by atoms with E-state index in [0.29, 0.717) is 13.1 Å². The molecule has 20 heavy (non-hydrogen) atoms. The topological polar surface area (TPSA) is 97.5 Å². The molecular formula is C12H18N2O4S2. The van der Waals surface area contributed by atoms with Crippen LogP contribution in [0.2, 0.25) is 0 Å². The van der Waals surface area contributed by atoms with Crippen molar-refractivity contribution in [1.29, 1.82) is 0 Å². The average Bonchev–Trinajstić information content (AvgIpc) is 2.67. The molecule has 0 unspecified atom stereocenters. The largest absolute Gasteiger partial charge is 0.243 e. The quantitative estimate of drug-likeness (QED) is 0.895. The fraction of sp³-hybridized carbons (Fsp3) is 0.500. The predicted octanol–water partition coefficient (Wildman–Crippen LogP) is 0.899. The van der Waals surface area contributed by atoms with Crippen LogP contribution in [0.3, 0.4) is 0 Å². The molecule has 8 heteroatoms. The third-order valence-corrected chi connectivity index (χ3v) is 6.14. The van der Waals surface area contributed by atoms with E-state index in [2.05, 4.69) is 0 Å². The van der Waals surface area contributed by atoms with Crippen LogP contribution >= 0.6 is 0 Å². The summed E-state index contributed by atoms with van der Waals surface area (Å²) in [6.45, 7) is 0.948. The average molecular weight is 318 g/mol. The van der Waals surface area contributed by atoms with Gasteiger partial charge in [0.15, 0.2) is 0 Å². The molecule has 1 aliphatic rings. The lowest BCUT2D eigenvalue weighted by molar-refractivity contribution is 0.423. The minimum atomic E-state index is -3.91. The number of benzene rings is 1. The third kappa shape index (κ3) is 3.38. The van der Waals surface area contributed by atoms with E-state index in [4.69, 9.17) is 5.14 Å². The molecule has 2 N–H and O–H groups in total. The summed E-state index contributed by atoms with van der Waals surface area (Å²) in [5.41, 5.74) is 0. The fourth-order valence-electron chi connectivity index (χ4n) is 2.24. The van der Waals surface area contributed by atoms with Gasteiger partial charge in [0.25, 0.3) is 0 Å². The molecule has 6 nitrogen and oxygen atoms in total. The van der Waals surface area contributed by atoms with Gasteiger partial charge in [-0.15, -0.1) is 0 Å². The van der Waals surface area contributed by atoms with Crippen molar-refractivity contribution in [3.8, 4) is 0 Å². The van der Waals surface area contributed by atoms with Crippen LogP contribution in [0.5, 0.6) is 0 Å². The Hall–Kier alpha value is -0.960. The Labute approximate surface area is 119 Å². The summed E-state index contributed by atoms with van der Waals surface area (Å²) >= 11 is 0. The molecule has 0 aromatic heterocycles. The molecule has 1 saturated heterocycles. The van der Waals surface area contributed by atoms with E-state index in [1.807, 2.05) is 0 Å². The Morgan fingerprint density at radius 1 is 0.900 bits per heavy atom. The van der Waals surface area contributed by atoms with Crippen molar-refractivity contribution in [3.05, 3.63) is 24.3 Å². The normalized spacial score (nSPS) is 18.6. The second-order valence-electron chi connectivity index (χ2n) is 4.84. The summed E-state index contributed by atoms with van der Waals surface area (Å²) in [4.78, 5) is -0.209. The molecule has 0 radical (unpaired) electrons. The number of primary sulfonamides is 1. The Bertz CT molecular complexity index is 675. The second-order valence-corrected chi connectivity index (χ2v) is 8.34. The number of rotatable bonds is 3. The molecule has 0 amide bonds. The van der Waals surface area contributed by atoms with Crippen LogP contribution in [-0.2, 0) is 20.0 Å². The molecule has 112 valence electrons. The Morgan fingerprint density at radius 3 is 2.00 bits per heavy atom. The maximum absolute atomic E-state index is 12.5. The van der Waals surface area contributed by atoms with Gasteiger partial charge >= 0.3 is 0 Å². The first-order valence-corrected chi connectivity index (χ1v) is 9.43. The van der Waals surface area contributed by atoms with Crippen molar-refractivity contribution >= 4 is 20.0 Å². The molecule has 1 heterocycles. The summed E-state index contributed by atoms with van der Waals surface area (Å²) in [6.07, 6.45) is 3.69. The van der Waals surface area contributed by atoms with Crippen LogP contribution < -0.4 is 5.14 Å². The lowest BCUT2D eigenvalue weighted by Gasteiger charge is -2.20. The van der Waals surface area contributed by atoms with Gasteiger partial charge in [0.2, 0.25) is 20.0 Å². The van der Waals surface area contributed by atoms with Crippen LogP contribution in [0.15, 0.2) is 34.1 Å². The molecule has 2 rings (SSSR count). The van der Waals surface area contributed by atoms with Gasteiger partial charge < -0.3 is 0 Å². The molecule has 0 atom stereocenters. The monoisotopic (exact) mass is 318 g/mol. The van der Waals surface area contributed by atoms with Crippen molar-refractivity contribution in [2.45, 2.75) is 35.5 Å². The standard InChI is InChI=1S/C12H18N2O4S2/c13-19(15,16)11-6-5-7-12(10-11)20(17,18)14-8-3-1-2-4-9-14/h5-7,10H,1-4,8-9H2,(H2,13,15,16). The Balaban J connectivity index is 2.39. The predicted molar refractivity (Wildman–Crippen MR) is 75.0 cm³/mol. The van der Waals surface area contributed by atoms with Gasteiger partial charge in [-0.05, 0) is 31.0 Å². The van der Waals surface area contributed by atoms with E-state index in [1.165, 1.54) is 22.5 Å². The number of sulfonamides is 2.